The largest absolute Gasteiger partial charge is 0.391 e. The van der Waals surface area contributed by atoms with E-state index in [1.807, 2.05) is 0 Å². The van der Waals surface area contributed by atoms with Gasteiger partial charge in [-0.05, 0) is 12.8 Å². The molecule has 1 fully saturated rings. The summed E-state index contributed by atoms with van der Waals surface area (Å²) in [7, 11) is 0. The molecule has 1 aliphatic rings. The van der Waals surface area contributed by atoms with Crippen molar-refractivity contribution in [2.24, 2.45) is 0 Å². The van der Waals surface area contributed by atoms with Gasteiger partial charge >= 0.3 is 0 Å². The Hall–Kier alpha value is -2.10. The molecule has 3 rings (SSSR count). The zero-order valence-corrected chi connectivity index (χ0v) is 13.9. The van der Waals surface area contributed by atoms with Gasteiger partial charge in [0.2, 0.25) is 0 Å². The van der Waals surface area contributed by atoms with E-state index in [-0.39, 0.29) is 12.6 Å². The van der Waals surface area contributed by atoms with E-state index in [1.54, 1.807) is 24.7 Å². The van der Waals surface area contributed by atoms with Crippen LogP contribution in [-0.2, 0) is 6.54 Å². The van der Waals surface area contributed by atoms with Crippen LogP contribution in [-0.4, -0.2) is 45.7 Å². The predicted molar refractivity (Wildman–Crippen MR) is 90.9 cm³/mol. The lowest BCUT2D eigenvalue weighted by Crippen LogP contribution is -2.38. The van der Waals surface area contributed by atoms with Gasteiger partial charge in [-0.15, -0.1) is 0 Å². The molecule has 24 heavy (non-hydrogen) atoms. The molecule has 0 aromatic carbocycles. The fourth-order valence-corrected chi connectivity index (χ4v) is 2.88. The second kappa shape index (κ2) is 7.65. The van der Waals surface area contributed by atoms with Crippen LogP contribution >= 0.6 is 11.6 Å². The van der Waals surface area contributed by atoms with Gasteiger partial charge in [0.15, 0.2) is 0 Å². The molecule has 1 aliphatic heterocycles. The topological polar surface area (TPSA) is 54.2 Å². The summed E-state index contributed by atoms with van der Waals surface area (Å²) in [6.45, 7) is 1.17. The Morgan fingerprint density at radius 1 is 1.38 bits per heavy atom. The first-order chi connectivity index (χ1) is 11.7. The molecular formula is C17H18ClFN4O. The third-order valence-electron chi connectivity index (χ3n) is 3.87. The molecule has 5 nitrogen and oxygen atoms in total. The van der Waals surface area contributed by atoms with Crippen LogP contribution < -0.4 is 4.90 Å². The minimum atomic E-state index is -0.461. The highest BCUT2D eigenvalue weighted by Crippen LogP contribution is 2.25. The van der Waals surface area contributed by atoms with Crippen molar-refractivity contribution in [1.29, 1.82) is 0 Å². The summed E-state index contributed by atoms with van der Waals surface area (Å²) in [4.78, 5) is 6.19. The van der Waals surface area contributed by atoms with Gasteiger partial charge in [-0.3, -0.25) is 4.68 Å². The molecule has 1 N–H and O–H groups in total. The molecule has 0 unspecified atom stereocenters. The highest BCUT2D eigenvalue weighted by atomic mass is 35.5. The number of aromatic nitrogens is 3. The van der Waals surface area contributed by atoms with Gasteiger partial charge in [0.25, 0.3) is 0 Å². The fourth-order valence-electron chi connectivity index (χ4n) is 2.73. The first-order valence-corrected chi connectivity index (χ1v) is 8.22. The summed E-state index contributed by atoms with van der Waals surface area (Å²) in [5, 5.41) is 14.3. The van der Waals surface area contributed by atoms with E-state index in [0.717, 1.165) is 30.6 Å². The number of anilines is 1. The van der Waals surface area contributed by atoms with Crippen LogP contribution in [0.1, 0.15) is 24.0 Å². The lowest BCUT2D eigenvalue weighted by Gasteiger charge is -2.32. The smallest absolute Gasteiger partial charge is 0.131 e. The highest BCUT2D eigenvalue weighted by molar-refractivity contribution is 6.29. The third kappa shape index (κ3) is 4.05. The summed E-state index contributed by atoms with van der Waals surface area (Å²) in [5.41, 5.74) is 2.33. The van der Waals surface area contributed by atoms with Crippen LogP contribution in [0.3, 0.4) is 0 Å². The molecule has 2 aromatic heterocycles. The summed E-state index contributed by atoms with van der Waals surface area (Å²) in [6.07, 6.45) is 6.34. The van der Waals surface area contributed by atoms with Crippen molar-refractivity contribution < 1.29 is 9.50 Å². The van der Waals surface area contributed by atoms with Gasteiger partial charge in [0, 0.05) is 31.5 Å². The number of piperidine rings is 1. The fraction of sp³-hybridized carbons (Fsp3) is 0.412. The lowest BCUT2D eigenvalue weighted by atomic mass is 10.1. The van der Waals surface area contributed by atoms with E-state index in [1.165, 1.54) is 4.68 Å². The number of halogens is 2. The molecule has 1 saturated heterocycles. The standard InChI is InChI=1S/C17H18ClFN4O/c18-17-8-16(22-6-1-2-15(24)12-22)14(10-20-17)4-3-13-9-21-23(11-13)7-5-19/h8-11,15,24H,1-2,5-7,12H2/t15-/m1/s1. The zero-order chi connectivity index (χ0) is 16.9. The van der Waals surface area contributed by atoms with Crippen molar-refractivity contribution in [2.75, 3.05) is 24.7 Å². The van der Waals surface area contributed by atoms with Crippen LogP contribution in [0.25, 0.3) is 0 Å². The normalized spacial score (nSPS) is 17.5. The maximum atomic E-state index is 12.3. The second-order valence-electron chi connectivity index (χ2n) is 5.70. The molecule has 2 aromatic rings. The molecule has 3 heterocycles. The second-order valence-corrected chi connectivity index (χ2v) is 6.08. The molecule has 1 atom stereocenters. The van der Waals surface area contributed by atoms with Crippen molar-refractivity contribution >= 4 is 17.3 Å². The maximum absolute atomic E-state index is 12.3. The van der Waals surface area contributed by atoms with Crippen molar-refractivity contribution in [3.05, 3.63) is 40.9 Å². The molecule has 0 aliphatic carbocycles. The van der Waals surface area contributed by atoms with Crippen LogP contribution in [0.2, 0.25) is 5.15 Å². The van der Waals surface area contributed by atoms with Crippen LogP contribution in [0, 0.1) is 11.8 Å². The first kappa shape index (κ1) is 16.7. The van der Waals surface area contributed by atoms with Crippen LogP contribution in [0.5, 0.6) is 0 Å². The van der Waals surface area contributed by atoms with Crippen molar-refractivity contribution in [3.8, 4) is 11.8 Å². The number of aryl methyl sites for hydroxylation is 1. The Balaban J connectivity index is 1.86. The SMILES string of the molecule is O[C@@H]1CCCN(c2cc(Cl)ncc2C#Cc2cnn(CCF)c2)C1. The minimum Gasteiger partial charge on any atom is -0.391 e. The van der Waals surface area contributed by atoms with Gasteiger partial charge in [-0.1, -0.05) is 23.4 Å². The number of alkyl halides is 1. The van der Waals surface area contributed by atoms with Crippen molar-refractivity contribution in [2.45, 2.75) is 25.5 Å². The Labute approximate surface area is 145 Å². The third-order valence-corrected chi connectivity index (χ3v) is 4.08. The molecule has 0 saturated carbocycles. The predicted octanol–water partition coefficient (Wildman–Crippen LogP) is 2.26. The summed E-state index contributed by atoms with van der Waals surface area (Å²) < 4.78 is 13.8. The summed E-state index contributed by atoms with van der Waals surface area (Å²) in [5.74, 6) is 6.10. The summed E-state index contributed by atoms with van der Waals surface area (Å²) >= 11 is 6.03. The number of aliphatic hydroxyl groups is 1. The molecule has 126 valence electrons. The number of hydrogen-bond acceptors (Lipinski definition) is 4. The Bertz CT molecular complexity index is 767. The van der Waals surface area contributed by atoms with Gasteiger partial charge in [0.05, 0.1) is 35.7 Å². The van der Waals surface area contributed by atoms with Crippen molar-refractivity contribution in [1.82, 2.24) is 14.8 Å². The van der Waals surface area contributed by atoms with Crippen LogP contribution in [0.4, 0.5) is 10.1 Å². The molecule has 0 spiro atoms. The average molecular weight is 349 g/mol. The zero-order valence-electron chi connectivity index (χ0n) is 13.1. The van der Waals surface area contributed by atoms with E-state index < -0.39 is 6.67 Å². The van der Waals surface area contributed by atoms with E-state index in [0.29, 0.717) is 17.3 Å². The number of β-amino-alcohol motifs (C(OH)–C–C–N with tert-alkyl or cyclic N) is 1. The molecular weight excluding hydrogens is 331 g/mol. The number of aliphatic hydroxyl groups excluding tert-OH is 1. The van der Waals surface area contributed by atoms with Crippen LogP contribution in [0.15, 0.2) is 24.7 Å². The number of nitrogens with zero attached hydrogens (tertiary/aromatic N) is 4. The first-order valence-electron chi connectivity index (χ1n) is 7.84. The van der Waals surface area contributed by atoms with E-state index in [2.05, 4.69) is 26.8 Å². The number of pyridine rings is 1. The van der Waals surface area contributed by atoms with Gasteiger partial charge in [0.1, 0.15) is 11.8 Å². The van der Waals surface area contributed by atoms with E-state index >= 15 is 0 Å². The highest BCUT2D eigenvalue weighted by Gasteiger charge is 2.20. The molecule has 0 radical (unpaired) electrons. The number of rotatable bonds is 3. The van der Waals surface area contributed by atoms with Gasteiger partial charge < -0.3 is 10.0 Å². The molecule has 0 amide bonds. The number of hydrogen-bond donors (Lipinski definition) is 1. The molecule has 0 bridgehead atoms. The monoisotopic (exact) mass is 348 g/mol. The maximum Gasteiger partial charge on any atom is 0.131 e. The Morgan fingerprint density at radius 2 is 2.25 bits per heavy atom. The lowest BCUT2D eigenvalue weighted by molar-refractivity contribution is 0.154. The Kier molecular flexibility index (Phi) is 5.34. The quantitative estimate of drug-likeness (QED) is 0.683. The Morgan fingerprint density at radius 3 is 3.04 bits per heavy atom. The average Bonchev–Trinajstić information content (AvgIpc) is 3.02. The van der Waals surface area contributed by atoms with E-state index in [4.69, 9.17) is 11.6 Å². The van der Waals surface area contributed by atoms with Gasteiger partial charge in [-0.25, -0.2) is 9.37 Å². The van der Waals surface area contributed by atoms with Crippen molar-refractivity contribution in [3.63, 3.8) is 0 Å². The minimum absolute atomic E-state index is 0.223. The van der Waals surface area contributed by atoms with Gasteiger partial charge in [-0.2, -0.15) is 5.10 Å². The van der Waals surface area contributed by atoms with E-state index in [9.17, 15) is 9.50 Å². The summed E-state index contributed by atoms with van der Waals surface area (Å²) in [6, 6.07) is 1.77. The molecule has 7 heteroatoms.